The van der Waals surface area contributed by atoms with Crippen LogP contribution >= 0.6 is 23.1 Å². The first-order valence-electron chi connectivity index (χ1n) is 10.1. The molecule has 8 nitrogen and oxygen atoms in total. The summed E-state index contributed by atoms with van der Waals surface area (Å²) in [6, 6.07) is 5.18. The molecule has 31 heavy (non-hydrogen) atoms. The molecule has 1 aromatic heterocycles. The van der Waals surface area contributed by atoms with Crippen molar-refractivity contribution in [3.05, 3.63) is 39.9 Å². The molecule has 2 rings (SSSR count). The monoisotopic (exact) mass is 467 g/mol. The minimum atomic E-state index is -0.727. The van der Waals surface area contributed by atoms with E-state index in [-0.39, 0.29) is 23.1 Å². The van der Waals surface area contributed by atoms with Crippen molar-refractivity contribution in [3.8, 4) is 5.88 Å². The number of urea groups is 1. The number of hydrogen-bond acceptors (Lipinski definition) is 6. The fourth-order valence-corrected chi connectivity index (χ4v) is 3.87. The Hall–Kier alpha value is -2.36. The number of rotatable bonds is 12. The number of aromatic nitrogens is 1. The Kier molecular flexibility index (Phi) is 10.0. The van der Waals surface area contributed by atoms with Gasteiger partial charge in [-0.25, -0.2) is 4.79 Å². The fraction of sp³-hybridized carbons (Fsp3) is 0.476. The zero-order chi connectivity index (χ0) is 22.8. The molecule has 170 valence electrons. The fourth-order valence-electron chi connectivity index (χ4n) is 2.85. The standard InChI is InChI=1S/C21H30ClN5O3S/c1-14-8-9-15(16(22)12-14)13-30-19-17(18(23)28)20(31-26-19)25-21(29)24-10-6-4-5-7-11-27(2)3/h8-9,12H,4-7,10-11,13H2,1-3H3,(H2,23,28)(H2,24,25,29). The summed E-state index contributed by atoms with van der Waals surface area (Å²) in [7, 11) is 4.11. The number of primary amides is 1. The van der Waals surface area contributed by atoms with Crippen molar-refractivity contribution in [2.75, 3.05) is 32.5 Å². The highest BCUT2D eigenvalue weighted by Gasteiger charge is 2.22. The minimum Gasteiger partial charge on any atom is -0.472 e. The highest BCUT2D eigenvalue weighted by molar-refractivity contribution is 7.11. The zero-order valence-electron chi connectivity index (χ0n) is 18.2. The van der Waals surface area contributed by atoms with Crippen molar-refractivity contribution in [3.63, 3.8) is 0 Å². The lowest BCUT2D eigenvalue weighted by molar-refractivity contribution is 0.0996. The number of unbranched alkanes of at least 4 members (excludes halogenated alkanes) is 3. The average Bonchev–Trinajstić information content (AvgIpc) is 3.09. The lowest BCUT2D eigenvalue weighted by Crippen LogP contribution is -2.30. The first kappa shape index (κ1) is 24.9. The van der Waals surface area contributed by atoms with Crippen LogP contribution in [0.4, 0.5) is 9.80 Å². The molecule has 0 bridgehead atoms. The van der Waals surface area contributed by atoms with Gasteiger partial charge in [0, 0.05) is 17.1 Å². The summed E-state index contributed by atoms with van der Waals surface area (Å²) in [5.74, 6) is -0.653. The summed E-state index contributed by atoms with van der Waals surface area (Å²) in [5.41, 5.74) is 7.33. The van der Waals surface area contributed by atoms with Gasteiger partial charge in [0.1, 0.15) is 17.2 Å². The summed E-state index contributed by atoms with van der Waals surface area (Å²) in [6.45, 7) is 3.68. The molecule has 0 aliphatic carbocycles. The Labute approximate surface area is 192 Å². The van der Waals surface area contributed by atoms with E-state index in [9.17, 15) is 9.59 Å². The van der Waals surface area contributed by atoms with Crippen LogP contribution in [0.5, 0.6) is 5.88 Å². The van der Waals surface area contributed by atoms with Gasteiger partial charge >= 0.3 is 6.03 Å². The van der Waals surface area contributed by atoms with Gasteiger partial charge in [-0.1, -0.05) is 36.6 Å². The number of benzene rings is 1. The Bertz CT molecular complexity index is 888. The molecular weight excluding hydrogens is 438 g/mol. The molecule has 10 heteroatoms. The number of anilines is 1. The zero-order valence-corrected chi connectivity index (χ0v) is 19.7. The second kappa shape index (κ2) is 12.5. The average molecular weight is 468 g/mol. The van der Waals surface area contributed by atoms with Gasteiger partial charge in [0.05, 0.1) is 0 Å². The Morgan fingerprint density at radius 2 is 1.97 bits per heavy atom. The molecule has 0 saturated heterocycles. The van der Waals surface area contributed by atoms with E-state index in [1.54, 1.807) is 0 Å². The Morgan fingerprint density at radius 1 is 1.23 bits per heavy atom. The predicted molar refractivity (Wildman–Crippen MR) is 125 cm³/mol. The SMILES string of the molecule is Cc1ccc(COc2nsc(NC(=O)NCCCCCCN(C)C)c2C(N)=O)c(Cl)c1. The second-order valence-electron chi connectivity index (χ2n) is 7.54. The van der Waals surface area contributed by atoms with Crippen LogP contribution in [0.3, 0.4) is 0 Å². The maximum Gasteiger partial charge on any atom is 0.319 e. The summed E-state index contributed by atoms with van der Waals surface area (Å²) < 4.78 is 9.79. The summed E-state index contributed by atoms with van der Waals surface area (Å²) in [6.07, 6.45) is 4.19. The van der Waals surface area contributed by atoms with E-state index >= 15 is 0 Å². The third kappa shape index (κ3) is 8.35. The first-order chi connectivity index (χ1) is 14.8. The molecule has 1 heterocycles. The van der Waals surface area contributed by atoms with Crippen molar-refractivity contribution >= 4 is 40.1 Å². The number of hydrogen-bond donors (Lipinski definition) is 3. The van der Waals surface area contributed by atoms with Crippen molar-refractivity contribution in [1.82, 2.24) is 14.6 Å². The highest BCUT2D eigenvalue weighted by Crippen LogP contribution is 2.31. The number of carbonyl (C=O) groups is 2. The molecule has 0 radical (unpaired) electrons. The molecule has 3 amide bonds. The van der Waals surface area contributed by atoms with E-state index in [4.69, 9.17) is 22.1 Å². The van der Waals surface area contributed by atoms with Crippen LogP contribution in [0.25, 0.3) is 0 Å². The van der Waals surface area contributed by atoms with Gasteiger partial charge in [0.2, 0.25) is 5.88 Å². The number of nitrogens with two attached hydrogens (primary N) is 1. The van der Waals surface area contributed by atoms with Crippen LogP contribution in [-0.4, -0.2) is 48.4 Å². The molecule has 1 aromatic carbocycles. The van der Waals surface area contributed by atoms with Gasteiger partial charge < -0.3 is 20.7 Å². The highest BCUT2D eigenvalue weighted by atomic mass is 35.5. The molecule has 0 fully saturated rings. The largest absolute Gasteiger partial charge is 0.472 e. The normalized spacial score (nSPS) is 10.9. The van der Waals surface area contributed by atoms with Crippen LogP contribution in [0.1, 0.15) is 47.2 Å². The van der Waals surface area contributed by atoms with Gasteiger partial charge in [0.15, 0.2) is 0 Å². The number of nitrogens with one attached hydrogen (secondary N) is 2. The number of ether oxygens (including phenoxy) is 1. The van der Waals surface area contributed by atoms with Crippen molar-refractivity contribution in [2.24, 2.45) is 5.73 Å². The number of carbonyl (C=O) groups excluding carboxylic acids is 2. The van der Waals surface area contributed by atoms with E-state index in [0.29, 0.717) is 11.6 Å². The molecule has 0 saturated carbocycles. The van der Waals surface area contributed by atoms with Crippen LogP contribution in [-0.2, 0) is 6.61 Å². The molecule has 0 atom stereocenters. The van der Waals surface area contributed by atoms with E-state index in [1.807, 2.05) is 25.1 Å². The Morgan fingerprint density at radius 3 is 2.65 bits per heavy atom. The maximum atomic E-state index is 12.2. The van der Waals surface area contributed by atoms with Crippen LogP contribution < -0.4 is 21.1 Å². The molecule has 4 N–H and O–H groups in total. The molecule has 0 aliphatic heterocycles. The number of halogens is 1. The van der Waals surface area contributed by atoms with Gasteiger partial charge in [-0.3, -0.25) is 10.1 Å². The lowest BCUT2D eigenvalue weighted by Gasteiger charge is -2.10. The maximum absolute atomic E-state index is 12.2. The molecule has 2 aromatic rings. The van der Waals surface area contributed by atoms with Crippen LogP contribution in [0.2, 0.25) is 5.02 Å². The minimum absolute atomic E-state index is 0.0482. The van der Waals surface area contributed by atoms with Crippen LogP contribution in [0.15, 0.2) is 18.2 Å². The quantitative estimate of drug-likeness (QED) is 0.408. The van der Waals surface area contributed by atoms with Gasteiger partial charge in [-0.2, -0.15) is 4.37 Å². The van der Waals surface area contributed by atoms with Gasteiger partial charge in [-0.05, 0) is 63.6 Å². The number of aryl methyl sites for hydroxylation is 1. The third-order valence-electron chi connectivity index (χ3n) is 4.52. The smallest absolute Gasteiger partial charge is 0.319 e. The van der Waals surface area contributed by atoms with E-state index in [0.717, 1.165) is 54.9 Å². The van der Waals surface area contributed by atoms with E-state index in [1.165, 1.54) is 0 Å². The first-order valence-corrected chi connectivity index (χ1v) is 11.3. The molecule has 0 unspecified atom stereocenters. The molecule has 0 aliphatic rings. The molecular formula is C21H30ClN5O3S. The lowest BCUT2D eigenvalue weighted by atomic mass is 10.2. The number of nitrogens with zero attached hydrogens (tertiary/aromatic N) is 2. The van der Waals surface area contributed by atoms with E-state index < -0.39 is 11.9 Å². The van der Waals surface area contributed by atoms with Crippen molar-refractivity contribution in [1.29, 1.82) is 0 Å². The van der Waals surface area contributed by atoms with E-state index in [2.05, 4.69) is 34.0 Å². The third-order valence-corrected chi connectivity index (χ3v) is 5.62. The van der Waals surface area contributed by atoms with Gasteiger partial charge in [0.25, 0.3) is 5.91 Å². The molecule has 0 spiro atoms. The topological polar surface area (TPSA) is 110 Å². The summed E-state index contributed by atoms with van der Waals surface area (Å²) >= 11 is 7.16. The van der Waals surface area contributed by atoms with Crippen LogP contribution in [0, 0.1) is 6.92 Å². The number of amides is 3. The summed E-state index contributed by atoms with van der Waals surface area (Å²) in [5, 5.41) is 6.24. The second-order valence-corrected chi connectivity index (χ2v) is 8.72. The predicted octanol–water partition coefficient (Wildman–Crippen LogP) is 4.03. The Balaban J connectivity index is 1.85. The summed E-state index contributed by atoms with van der Waals surface area (Å²) in [4.78, 5) is 26.3. The van der Waals surface area contributed by atoms with Gasteiger partial charge in [-0.15, -0.1) is 0 Å². The van der Waals surface area contributed by atoms with Crippen molar-refractivity contribution < 1.29 is 14.3 Å². The van der Waals surface area contributed by atoms with Crippen molar-refractivity contribution in [2.45, 2.75) is 39.2 Å².